The number of fused-ring (bicyclic) bond motifs is 6. The van der Waals surface area contributed by atoms with Gasteiger partial charge in [0.05, 0.1) is 19.4 Å². The van der Waals surface area contributed by atoms with Crippen LogP contribution in [0.2, 0.25) is 5.02 Å². The summed E-state index contributed by atoms with van der Waals surface area (Å²) in [5.74, 6) is -15.5. The van der Waals surface area contributed by atoms with Crippen LogP contribution in [-0.4, -0.2) is 197 Å². The van der Waals surface area contributed by atoms with Crippen LogP contribution in [0.3, 0.4) is 0 Å². The van der Waals surface area contributed by atoms with Gasteiger partial charge in [-0.25, -0.2) is 4.79 Å². The minimum Gasteiger partial charge on any atom is -0.480 e. The Bertz CT molecular complexity index is 3960. The van der Waals surface area contributed by atoms with Gasteiger partial charge in [-0.2, -0.15) is 0 Å². The number of nitrogens with zero attached hydrogens (tertiary/aromatic N) is 1. The van der Waals surface area contributed by atoms with Gasteiger partial charge < -0.3 is 89.8 Å². The number of nitrogens with one attached hydrogen (secondary N) is 15. The van der Waals surface area contributed by atoms with Gasteiger partial charge in [0, 0.05) is 74.5 Å². The number of carbonyl (C=O) groups is 14. The van der Waals surface area contributed by atoms with Gasteiger partial charge in [0.25, 0.3) is 0 Å². The van der Waals surface area contributed by atoms with Crippen molar-refractivity contribution in [2.24, 2.45) is 11.7 Å². The second kappa shape index (κ2) is 35.5. The Balaban J connectivity index is 1.24. The highest BCUT2D eigenvalue weighted by molar-refractivity contribution is 6.30. The fraction of sp³-hybridized carbons (Fsp3) is 0.426. The van der Waals surface area contributed by atoms with Gasteiger partial charge in [0.15, 0.2) is 5.96 Å². The van der Waals surface area contributed by atoms with Crippen molar-refractivity contribution in [2.45, 2.75) is 145 Å². The summed E-state index contributed by atoms with van der Waals surface area (Å²) < 4.78 is 0. The van der Waals surface area contributed by atoms with E-state index in [1.807, 2.05) is 18.2 Å². The number of para-hydroxylation sites is 1. The molecular formula is C68H84ClN17O15. The number of rotatable bonds is 14. The highest BCUT2D eigenvalue weighted by Gasteiger charge is 2.42. The van der Waals surface area contributed by atoms with Gasteiger partial charge in [0.2, 0.25) is 76.8 Å². The van der Waals surface area contributed by atoms with Crippen molar-refractivity contribution >= 4 is 122 Å². The number of nitrogens with two attached hydrogens (primary N) is 1. The third-order valence-electron chi connectivity index (χ3n) is 17.2. The van der Waals surface area contributed by atoms with Crippen LogP contribution < -0.4 is 74.9 Å². The minimum atomic E-state index is -2.10. The fourth-order valence-electron chi connectivity index (χ4n) is 12.0. The normalized spacial score (nSPS) is 24.0. The van der Waals surface area contributed by atoms with E-state index in [1.165, 1.54) is 17.0 Å². The Morgan fingerprint density at radius 3 is 1.91 bits per heavy atom. The van der Waals surface area contributed by atoms with Crippen molar-refractivity contribution in [1.29, 1.82) is 5.41 Å². The number of carbonyl (C=O) groups excluding carboxylic acids is 13. The average molecular weight is 1410 g/mol. The van der Waals surface area contributed by atoms with Gasteiger partial charge in [-0.05, 0) is 83.7 Å². The molecule has 33 heteroatoms. The third-order valence-corrected chi connectivity index (χ3v) is 17.4. The molecule has 3 fully saturated rings. The lowest BCUT2D eigenvalue weighted by molar-refractivity contribution is -0.145. The maximum Gasteiger partial charge on any atom is 0.328 e. The molecule has 3 aliphatic heterocycles. The lowest BCUT2D eigenvalue weighted by Crippen LogP contribution is -2.63. The lowest BCUT2D eigenvalue weighted by Gasteiger charge is -2.31. The Morgan fingerprint density at radius 2 is 1.21 bits per heavy atom. The molecule has 538 valence electrons. The van der Waals surface area contributed by atoms with Crippen LogP contribution in [-0.2, 0) is 86.4 Å². The average Bonchev–Trinajstić information content (AvgIpc) is 1.76. The predicted octanol–water partition coefficient (Wildman–Crippen LogP) is -2.07. The SMILES string of the molecule is CC(=O)N[C@H]1CC(=O)NCC(=O)NC[C@@H]2NC(=O)[C@H](CC(=O)NC[C@@H](C(=O)O)NC(=O)[C@@H]3CCCN3C(=O)[C@H](CCCNC(=N)N)NC(=O)[C@H](CC(C)C)NC(=O)[C@@H](Cc3ccc4ccccc4c3)NC2=O)NC(=O)[C@@H](Cc2c[nH]c3ccccc23)NC(=O)[C@@H](Cc2ccc(Cl)cc2)NC1=O. The van der Waals surface area contributed by atoms with E-state index in [2.05, 4.69) is 74.1 Å². The molecule has 4 heterocycles. The molecule has 0 unspecified atom stereocenters. The number of benzene rings is 4. The second-order valence-corrected chi connectivity index (χ2v) is 25.9. The lowest BCUT2D eigenvalue weighted by atomic mass is 9.98. The summed E-state index contributed by atoms with van der Waals surface area (Å²) in [6.07, 6.45) is -0.970. The first-order valence-electron chi connectivity index (χ1n) is 33.1. The molecule has 10 atom stereocenters. The van der Waals surface area contributed by atoms with Gasteiger partial charge in [-0.15, -0.1) is 0 Å². The quantitative estimate of drug-likeness (QED) is 0.0322. The first-order valence-corrected chi connectivity index (χ1v) is 33.4. The predicted molar refractivity (Wildman–Crippen MR) is 367 cm³/mol. The largest absolute Gasteiger partial charge is 0.480 e. The number of amides is 13. The molecule has 5 aromatic rings. The molecular weight excluding hydrogens is 1330 g/mol. The molecule has 1 aromatic heterocycles. The van der Waals surface area contributed by atoms with Crippen molar-refractivity contribution in [3.05, 3.63) is 119 Å². The van der Waals surface area contributed by atoms with Crippen LogP contribution in [0, 0.1) is 11.3 Å². The molecule has 18 N–H and O–H groups in total. The number of H-pyrrole nitrogens is 1. The summed E-state index contributed by atoms with van der Waals surface area (Å²) in [5.41, 5.74) is 7.48. The Labute approximate surface area is 584 Å². The smallest absolute Gasteiger partial charge is 0.328 e. The van der Waals surface area contributed by atoms with Crippen molar-refractivity contribution in [2.75, 3.05) is 32.7 Å². The van der Waals surface area contributed by atoms with E-state index in [0.717, 1.165) is 17.7 Å². The molecule has 8 rings (SSSR count). The number of carboxylic acid groups (broad SMARTS) is 1. The number of hydrogen-bond donors (Lipinski definition) is 17. The monoisotopic (exact) mass is 1410 g/mol. The first kappa shape index (κ1) is 75.6. The topological polar surface area (TPSA) is 484 Å². The molecule has 3 saturated heterocycles. The second-order valence-electron chi connectivity index (χ2n) is 25.5. The molecule has 0 saturated carbocycles. The number of carboxylic acids is 1. The van der Waals surface area contributed by atoms with Crippen molar-refractivity contribution < 1.29 is 72.2 Å². The number of aromatic amines is 1. The molecule has 0 aliphatic carbocycles. The molecule has 0 spiro atoms. The van der Waals surface area contributed by atoms with Gasteiger partial charge in [-0.3, -0.25) is 67.7 Å². The number of aliphatic carboxylic acids is 1. The molecule has 101 heavy (non-hydrogen) atoms. The molecule has 32 nitrogen and oxygen atoms in total. The summed E-state index contributed by atoms with van der Waals surface area (Å²) in [7, 11) is 0. The van der Waals surface area contributed by atoms with E-state index in [-0.39, 0.29) is 76.3 Å². The Hall–Kier alpha value is -11.2. The van der Waals surface area contributed by atoms with E-state index in [9.17, 15) is 53.1 Å². The number of guanidine groups is 1. The first-order chi connectivity index (χ1) is 48.2. The summed E-state index contributed by atoms with van der Waals surface area (Å²) >= 11 is 6.21. The fourth-order valence-corrected chi connectivity index (χ4v) is 12.2. The number of aromatic nitrogens is 1. The summed E-state index contributed by atoms with van der Waals surface area (Å²) in [6, 6.07) is 8.77. The summed E-state index contributed by atoms with van der Waals surface area (Å²) in [4.78, 5) is 206. The molecule has 3 aliphatic rings. The maximum atomic E-state index is 15.3. The highest BCUT2D eigenvalue weighted by atomic mass is 35.5. The van der Waals surface area contributed by atoms with Crippen LogP contribution in [0.4, 0.5) is 0 Å². The zero-order chi connectivity index (χ0) is 73.0. The van der Waals surface area contributed by atoms with Crippen LogP contribution in [0.1, 0.15) is 82.4 Å². The van der Waals surface area contributed by atoms with E-state index in [4.69, 9.17) is 22.7 Å². The van der Waals surface area contributed by atoms with Crippen LogP contribution in [0.25, 0.3) is 21.7 Å². The minimum absolute atomic E-state index is 0.0184. The molecule has 4 aromatic carbocycles. The van der Waals surface area contributed by atoms with Crippen molar-refractivity contribution in [3.8, 4) is 0 Å². The van der Waals surface area contributed by atoms with Gasteiger partial charge in [-0.1, -0.05) is 98.2 Å². The number of halogens is 1. The zero-order valence-electron chi connectivity index (χ0n) is 55.8. The van der Waals surface area contributed by atoms with E-state index >= 15 is 19.2 Å². The molecule has 0 radical (unpaired) electrons. The van der Waals surface area contributed by atoms with Crippen LogP contribution >= 0.6 is 11.6 Å². The Kier molecular flexibility index (Phi) is 26.6. The van der Waals surface area contributed by atoms with Crippen molar-refractivity contribution in [3.63, 3.8) is 0 Å². The van der Waals surface area contributed by atoms with Crippen LogP contribution in [0.5, 0.6) is 0 Å². The highest BCUT2D eigenvalue weighted by Crippen LogP contribution is 2.23. The molecule has 13 amide bonds. The standard InChI is InChI=1S/C68H84ClN17O15/c1-35(2)24-46-58(91)78-45(14-8-22-72-68(70)71)66(99)86-23-9-15-54(86)65(98)85-53(67(100)101)33-74-55(88)30-51-63(96)84-52(64(97)81-48(60(93)79-46)27-38-16-19-39-10-4-5-11-40(39)25-38)32-75-57(90)34-76-56(89)29-50(77-36(3)87)62(95)80-47(26-37-17-20-42(69)21-18-37)59(92)82-49(61(94)83-51)28-41-31-73-44-13-7-6-12-43(41)44/h4-7,10-13,16-21,25,31,35,45-54,73H,8-9,14-15,22-24,26-30,32-34H2,1-3H3,(H,74,88)(H,75,90)(H,76,89)(H,77,87)(H,78,91)(H,79,93)(H,80,95)(H,81,97)(H,82,92)(H,83,94)(H,84,96)(H,85,98)(H,100,101)(H4,70,71,72)/t45-,46-,47+,48+,49+,50-,51-,52-,53-,54-/m0/s1. The van der Waals surface area contributed by atoms with Gasteiger partial charge >= 0.3 is 5.97 Å². The van der Waals surface area contributed by atoms with Crippen molar-refractivity contribution in [1.82, 2.24) is 79.0 Å². The van der Waals surface area contributed by atoms with E-state index in [1.54, 1.807) is 80.7 Å². The summed E-state index contributed by atoms with van der Waals surface area (Å²) in [6.45, 7) is 2.07. The third kappa shape index (κ3) is 21.9. The summed E-state index contributed by atoms with van der Waals surface area (Å²) in [5, 5.41) is 53.6. The molecule has 2 bridgehead atoms. The van der Waals surface area contributed by atoms with E-state index in [0.29, 0.717) is 32.6 Å². The van der Waals surface area contributed by atoms with E-state index < -0.39 is 176 Å². The Morgan fingerprint density at radius 1 is 0.624 bits per heavy atom. The van der Waals surface area contributed by atoms with Crippen LogP contribution in [0.15, 0.2) is 97.2 Å². The zero-order valence-corrected chi connectivity index (χ0v) is 56.5. The number of hydrogen-bond acceptors (Lipinski definition) is 15. The maximum absolute atomic E-state index is 15.3. The van der Waals surface area contributed by atoms with Gasteiger partial charge in [0.1, 0.15) is 60.4 Å².